The first-order valence-corrected chi connectivity index (χ1v) is 7.22. The molecule has 1 aromatic heterocycles. The maximum absolute atomic E-state index is 12.4. The van der Waals surface area contributed by atoms with Crippen molar-refractivity contribution in [3.63, 3.8) is 0 Å². The summed E-state index contributed by atoms with van der Waals surface area (Å²) in [5, 5.41) is 15.0. The van der Waals surface area contributed by atoms with Gasteiger partial charge in [-0.25, -0.2) is 0 Å². The third-order valence-corrected chi connectivity index (χ3v) is 4.39. The Morgan fingerprint density at radius 2 is 1.95 bits per heavy atom. The predicted octanol–water partition coefficient (Wildman–Crippen LogP) is 1.34. The summed E-state index contributed by atoms with van der Waals surface area (Å²) in [4.78, 5) is 10.9. The third kappa shape index (κ3) is 2.91. The molecule has 0 saturated carbocycles. The second-order valence-electron chi connectivity index (χ2n) is 3.80. The van der Waals surface area contributed by atoms with Crippen LogP contribution in [0.4, 0.5) is 5.69 Å². The Morgan fingerprint density at radius 1 is 1.30 bits per heavy atom. The third-order valence-electron chi connectivity index (χ3n) is 2.44. The highest BCUT2D eigenvalue weighted by atomic mass is 35.5. The van der Waals surface area contributed by atoms with Crippen LogP contribution in [0.25, 0.3) is 0 Å². The summed E-state index contributed by atoms with van der Waals surface area (Å²) in [5.74, 6) is -1.27. The molecule has 1 aromatic carbocycles. The minimum atomic E-state index is -4.03. The van der Waals surface area contributed by atoms with Crippen molar-refractivity contribution in [3.05, 3.63) is 41.6 Å². The zero-order valence-corrected chi connectivity index (χ0v) is 11.6. The monoisotopic (exact) mass is 315 g/mol. The van der Waals surface area contributed by atoms with Gasteiger partial charge in [0.05, 0.1) is 11.9 Å². The number of nitrogens with one attached hydrogen (secondary N) is 1. The van der Waals surface area contributed by atoms with Gasteiger partial charge in [-0.15, -0.1) is 0 Å². The predicted molar refractivity (Wildman–Crippen MR) is 72.2 cm³/mol. The van der Waals surface area contributed by atoms with E-state index in [4.69, 9.17) is 16.7 Å². The van der Waals surface area contributed by atoms with E-state index in [1.54, 1.807) is 0 Å². The molecule has 0 amide bonds. The molecule has 0 radical (unpaired) electrons. The fourth-order valence-corrected chi connectivity index (χ4v) is 2.99. The number of aromatic nitrogens is 2. The molecular weight excluding hydrogens is 306 g/mol. The normalized spacial score (nSPS) is 11.2. The van der Waals surface area contributed by atoms with Crippen LogP contribution < -0.4 is 4.31 Å². The van der Waals surface area contributed by atoms with Gasteiger partial charge < -0.3 is 5.11 Å². The summed E-state index contributed by atoms with van der Waals surface area (Å²) in [7, 11) is -4.03. The Morgan fingerprint density at radius 3 is 2.45 bits per heavy atom. The summed E-state index contributed by atoms with van der Waals surface area (Å²) in [6, 6.07) is 7.07. The van der Waals surface area contributed by atoms with Crippen LogP contribution in [0, 0.1) is 0 Å². The molecular formula is C11H10ClN3O4S. The average Bonchev–Trinajstić information content (AvgIpc) is 2.91. The molecule has 0 fully saturated rings. The number of hydrogen-bond donors (Lipinski definition) is 2. The molecule has 0 bridgehead atoms. The second kappa shape index (κ2) is 5.51. The molecule has 7 nitrogen and oxygen atoms in total. The molecule has 0 aliphatic heterocycles. The number of anilines is 1. The Kier molecular flexibility index (Phi) is 3.96. The molecule has 0 spiro atoms. The number of carboxylic acids is 1. The highest BCUT2D eigenvalue weighted by Crippen LogP contribution is 2.23. The zero-order valence-electron chi connectivity index (χ0n) is 10.0. The number of hydrogen-bond acceptors (Lipinski definition) is 4. The standard InChI is InChI=1S/C11H10ClN3O4S/c12-8-1-3-9(4-2-8)15(7-11(16)17)20(18,19)10-5-6-13-14-10/h1-6H,7H2,(H,13,14)(H,16,17). The first kappa shape index (κ1) is 14.4. The largest absolute Gasteiger partial charge is 0.480 e. The van der Waals surface area contributed by atoms with Crippen molar-refractivity contribution in [3.8, 4) is 0 Å². The van der Waals surface area contributed by atoms with Gasteiger partial charge in [0.25, 0.3) is 10.0 Å². The Balaban J connectivity index is 2.48. The van der Waals surface area contributed by atoms with Gasteiger partial charge in [0.2, 0.25) is 0 Å². The van der Waals surface area contributed by atoms with Crippen LogP contribution >= 0.6 is 11.6 Å². The molecule has 2 rings (SSSR count). The number of carbonyl (C=O) groups is 1. The van der Waals surface area contributed by atoms with Crippen molar-refractivity contribution in [1.29, 1.82) is 0 Å². The maximum Gasteiger partial charge on any atom is 0.324 e. The molecule has 0 unspecified atom stereocenters. The quantitative estimate of drug-likeness (QED) is 0.866. The van der Waals surface area contributed by atoms with Gasteiger partial charge in [0.1, 0.15) is 6.54 Å². The van der Waals surface area contributed by atoms with Crippen molar-refractivity contribution in [2.24, 2.45) is 0 Å². The molecule has 2 N–H and O–H groups in total. The van der Waals surface area contributed by atoms with Crippen molar-refractivity contribution < 1.29 is 18.3 Å². The van der Waals surface area contributed by atoms with E-state index in [1.165, 1.54) is 36.5 Å². The van der Waals surface area contributed by atoms with E-state index in [-0.39, 0.29) is 10.7 Å². The minimum absolute atomic E-state index is 0.186. The summed E-state index contributed by atoms with van der Waals surface area (Å²) in [6.45, 7) is -0.705. The lowest BCUT2D eigenvalue weighted by atomic mass is 10.3. The lowest BCUT2D eigenvalue weighted by Gasteiger charge is -2.21. The maximum atomic E-state index is 12.4. The van der Waals surface area contributed by atoms with Gasteiger partial charge in [-0.2, -0.15) is 13.5 Å². The first-order chi connectivity index (χ1) is 9.41. The number of H-pyrrole nitrogens is 1. The van der Waals surface area contributed by atoms with Crippen LogP contribution in [0.15, 0.2) is 41.6 Å². The van der Waals surface area contributed by atoms with Crippen LogP contribution in [-0.4, -0.2) is 36.2 Å². The minimum Gasteiger partial charge on any atom is -0.480 e. The van der Waals surface area contributed by atoms with Crippen LogP contribution in [0.2, 0.25) is 5.02 Å². The Labute approximate surface area is 119 Å². The molecule has 9 heteroatoms. The van der Waals surface area contributed by atoms with Gasteiger partial charge in [-0.1, -0.05) is 11.6 Å². The molecule has 0 atom stereocenters. The Bertz CT molecular complexity index is 698. The summed E-state index contributed by atoms with van der Waals surface area (Å²) >= 11 is 5.74. The van der Waals surface area contributed by atoms with E-state index in [1.807, 2.05) is 0 Å². The summed E-state index contributed by atoms with van der Waals surface area (Å²) in [6.07, 6.45) is 1.27. The SMILES string of the molecule is O=C(O)CN(c1ccc(Cl)cc1)S(=O)(=O)c1ccn[nH]1. The first-order valence-electron chi connectivity index (χ1n) is 5.41. The number of aromatic amines is 1. The van der Waals surface area contributed by atoms with Gasteiger partial charge in [-0.05, 0) is 30.3 Å². The molecule has 1 heterocycles. The number of nitrogens with zero attached hydrogens (tertiary/aromatic N) is 2. The Hall–Kier alpha value is -2.06. The van der Waals surface area contributed by atoms with E-state index in [9.17, 15) is 13.2 Å². The molecule has 0 aliphatic rings. The van der Waals surface area contributed by atoms with E-state index >= 15 is 0 Å². The average molecular weight is 316 g/mol. The number of benzene rings is 1. The number of halogens is 1. The highest BCUT2D eigenvalue weighted by molar-refractivity contribution is 7.92. The molecule has 106 valence electrons. The smallest absolute Gasteiger partial charge is 0.324 e. The van der Waals surface area contributed by atoms with Crippen LogP contribution in [0.5, 0.6) is 0 Å². The lowest BCUT2D eigenvalue weighted by Crippen LogP contribution is -2.35. The van der Waals surface area contributed by atoms with Gasteiger partial charge in [0.15, 0.2) is 5.03 Å². The van der Waals surface area contributed by atoms with Crippen molar-refractivity contribution >= 4 is 33.3 Å². The molecule has 0 saturated heterocycles. The van der Waals surface area contributed by atoms with E-state index in [0.29, 0.717) is 5.02 Å². The topological polar surface area (TPSA) is 103 Å². The van der Waals surface area contributed by atoms with Gasteiger partial charge in [0, 0.05) is 5.02 Å². The highest BCUT2D eigenvalue weighted by Gasteiger charge is 2.28. The van der Waals surface area contributed by atoms with Crippen molar-refractivity contribution in [2.75, 3.05) is 10.8 Å². The van der Waals surface area contributed by atoms with Crippen LogP contribution in [-0.2, 0) is 14.8 Å². The molecule has 20 heavy (non-hydrogen) atoms. The zero-order chi connectivity index (χ0) is 14.8. The lowest BCUT2D eigenvalue weighted by molar-refractivity contribution is -0.135. The van der Waals surface area contributed by atoms with E-state index in [2.05, 4.69) is 10.2 Å². The second-order valence-corrected chi connectivity index (χ2v) is 6.07. The van der Waals surface area contributed by atoms with Gasteiger partial charge in [-0.3, -0.25) is 14.2 Å². The van der Waals surface area contributed by atoms with Crippen LogP contribution in [0.3, 0.4) is 0 Å². The number of rotatable bonds is 5. The summed E-state index contributed by atoms with van der Waals surface area (Å²) < 4.78 is 25.5. The number of carboxylic acid groups (broad SMARTS) is 1. The van der Waals surface area contributed by atoms with E-state index in [0.717, 1.165) is 4.31 Å². The summed E-state index contributed by atoms with van der Waals surface area (Å²) in [5.41, 5.74) is 0.200. The van der Waals surface area contributed by atoms with Crippen LogP contribution in [0.1, 0.15) is 0 Å². The van der Waals surface area contributed by atoms with Gasteiger partial charge >= 0.3 is 5.97 Å². The molecule has 2 aromatic rings. The van der Waals surface area contributed by atoms with Crippen molar-refractivity contribution in [2.45, 2.75) is 5.03 Å². The van der Waals surface area contributed by atoms with E-state index < -0.39 is 22.5 Å². The number of aliphatic carboxylic acids is 1. The molecule has 0 aliphatic carbocycles. The number of sulfonamides is 1. The fraction of sp³-hybridized carbons (Fsp3) is 0.0909. The van der Waals surface area contributed by atoms with Crippen molar-refractivity contribution in [1.82, 2.24) is 10.2 Å². The fourth-order valence-electron chi connectivity index (χ4n) is 1.55.